The molecule has 0 aromatic carbocycles. The Kier molecular flexibility index (Phi) is 1.92. The summed E-state index contributed by atoms with van der Waals surface area (Å²) in [7, 11) is 0. The minimum atomic E-state index is -0.528. The highest BCUT2D eigenvalue weighted by Gasteiger charge is 2.13. The molecule has 0 aliphatic carbocycles. The summed E-state index contributed by atoms with van der Waals surface area (Å²) in [5.74, 6) is 0.441. The Labute approximate surface area is 53.9 Å². The van der Waals surface area contributed by atoms with Crippen LogP contribution in [0.4, 0.5) is 4.79 Å². The van der Waals surface area contributed by atoms with E-state index in [0.717, 1.165) is 6.42 Å². The van der Waals surface area contributed by atoms with E-state index >= 15 is 0 Å². The Bertz CT molecular complexity index is 111. The average molecular weight is 130 g/mol. The number of cyclic esters (lactones) is 2. The van der Waals surface area contributed by atoms with E-state index in [0.29, 0.717) is 19.1 Å². The van der Waals surface area contributed by atoms with Gasteiger partial charge < -0.3 is 9.47 Å². The van der Waals surface area contributed by atoms with E-state index in [-0.39, 0.29) is 0 Å². The van der Waals surface area contributed by atoms with Gasteiger partial charge in [-0.1, -0.05) is 6.92 Å². The lowest BCUT2D eigenvalue weighted by Gasteiger charge is -2.00. The molecule has 0 amide bonds. The van der Waals surface area contributed by atoms with Crippen LogP contribution >= 0.6 is 0 Å². The van der Waals surface area contributed by atoms with Crippen molar-refractivity contribution in [3.8, 4) is 0 Å². The molecule has 0 aromatic rings. The van der Waals surface area contributed by atoms with E-state index in [9.17, 15) is 4.79 Å². The van der Waals surface area contributed by atoms with Crippen molar-refractivity contribution in [3.63, 3.8) is 0 Å². The van der Waals surface area contributed by atoms with Crippen LogP contribution in [0.2, 0.25) is 0 Å². The third-order valence-electron chi connectivity index (χ3n) is 1.32. The second-order valence-corrected chi connectivity index (χ2v) is 2.30. The highest BCUT2D eigenvalue weighted by atomic mass is 16.7. The molecule has 3 nitrogen and oxygen atoms in total. The van der Waals surface area contributed by atoms with Gasteiger partial charge in [-0.2, -0.15) is 0 Å². The fourth-order valence-electron chi connectivity index (χ4n) is 0.679. The number of carbonyl (C=O) groups is 1. The van der Waals surface area contributed by atoms with Gasteiger partial charge in [-0.05, 0) is 12.3 Å². The van der Waals surface area contributed by atoms with Gasteiger partial charge >= 0.3 is 6.16 Å². The number of ether oxygens (including phenoxy) is 2. The second kappa shape index (κ2) is 2.71. The lowest BCUT2D eigenvalue weighted by atomic mass is 10.1. The molecule has 0 radical (unpaired) electrons. The zero-order valence-corrected chi connectivity index (χ0v) is 5.42. The molecule has 0 spiro atoms. The smallest absolute Gasteiger partial charge is 0.434 e. The van der Waals surface area contributed by atoms with Gasteiger partial charge in [0, 0.05) is 0 Å². The predicted octanol–water partition coefficient (Wildman–Crippen LogP) is 1.18. The summed E-state index contributed by atoms with van der Waals surface area (Å²) in [5.41, 5.74) is 0. The maximum atomic E-state index is 10.4. The first kappa shape index (κ1) is 6.39. The summed E-state index contributed by atoms with van der Waals surface area (Å²) in [6.45, 7) is 3.03. The Balaban J connectivity index is 2.34. The molecule has 0 N–H and O–H groups in total. The van der Waals surface area contributed by atoms with Crippen LogP contribution in [0.1, 0.15) is 13.3 Å². The van der Waals surface area contributed by atoms with Gasteiger partial charge in [-0.3, -0.25) is 0 Å². The van der Waals surface area contributed by atoms with E-state index in [1.165, 1.54) is 0 Å². The Morgan fingerprint density at radius 1 is 1.56 bits per heavy atom. The molecule has 1 unspecified atom stereocenters. The van der Waals surface area contributed by atoms with E-state index in [2.05, 4.69) is 9.47 Å². The van der Waals surface area contributed by atoms with Crippen LogP contribution in [-0.4, -0.2) is 19.4 Å². The van der Waals surface area contributed by atoms with Crippen molar-refractivity contribution in [2.75, 3.05) is 13.2 Å². The first-order chi connectivity index (χ1) is 4.29. The zero-order chi connectivity index (χ0) is 6.69. The zero-order valence-electron chi connectivity index (χ0n) is 5.42. The number of hydrogen-bond acceptors (Lipinski definition) is 3. The quantitative estimate of drug-likeness (QED) is 0.462. The number of rotatable bonds is 0. The highest BCUT2D eigenvalue weighted by molar-refractivity contribution is 5.59. The Morgan fingerprint density at radius 3 is 3.11 bits per heavy atom. The minimum absolute atomic E-state index is 0.441. The van der Waals surface area contributed by atoms with Crippen LogP contribution in [0.25, 0.3) is 0 Å². The van der Waals surface area contributed by atoms with Crippen molar-refractivity contribution in [3.05, 3.63) is 0 Å². The maximum absolute atomic E-state index is 10.4. The molecule has 0 aromatic heterocycles. The summed E-state index contributed by atoms with van der Waals surface area (Å²) in [5, 5.41) is 0. The Morgan fingerprint density at radius 2 is 2.33 bits per heavy atom. The van der Waals surface area contributed by atoms with Gasteiger partial charge in [0.25, 0.3) is 0 Å². The summed E-state index contributed by atoms with van der Waals surface area (Å²) in [4.78, 5) is 10.4. The van der Waals surface area contributed by atoms with Crippen LogP contribution < -0.4 is 0 Å². The molecule has 1 saturated heterocycles. The van der Waals surface area contributed by atoms with Crippen LogP contribution in [0.5, 0.6) is 0 Å². The molecule has 1 heterocycles. The second-order valence-electron chi connectivity index (χ2n) is 2.30. The molecule has 0 bridgehead atoms. The average Bonchev–Trinajstić information content (AvgIpc) is 1.97. The summed E-state index contributed by atoms with van der Waals surface area (Å²) >= 11 is 0. The van der Waals surface area contributed by atoms with Crippen molar-refractivity contribution < 1.29 is 14.3 Å². The van der Waals surface area contributed by atoms with E-state index < -0.39 is 6.16 Å². The van der Waals surface area contributed by atoms with E-state index in [1.807, 2.05) is 6.92 Å². The summed E-state index contributed by atoms with van der Waals surface area (Å²) in [6.07, 6.45) is 0.380. The fraction of sp³-hybridized carbons (Fsp3) is 0.833. The van der Waals surface area contributed by atoms with Gasteiger partial charge in [0.05, 0.1) is 13.2 Å². The topological polar surface area (TPSA) is 35.5 Å². The monoisotopic (exact) mass is 130 g/mol. The molecule has 1 aliphatic rings. The van der Waals surface area contributed by atoms with Crippen molar-refractivity contribution in [1.29, 1.82) is 0 Å². The summed E-state index contributed by atoms with van der Waals surface area (Å²) < 4.78 is 9.27. The van der Waals surface area contributed by atoms with E-state index in [1.54, 1.807) is 0 Å². The SMILES string of the molecule is CC1CCOC(=O)OC1. The van der Waals surface area contributed by atoms with Gasteiger partial charge in [-0.25, -0.2) is 4.79 Å². The molecule has 52 valence electrons. The third-order valence-corrected chi connectivity index (χ3v) is 1.32. The molecule has 1 rings (SSSR count). The van der Waals surface area contributed by atoms with Crippen LogP contribution in [0, 0.1) is 5.92 Å². The minimum Gasteiger partial charge on any atom is -0.434 e. The number of carbonyl (C=O) groups excluding carboxylic acids is 1. The van der Waals surface area contributed by atoms with Gasteiger partial charge in [0.2, 0.25) is 0 Å². The number of hydrogen-bond donors (Lipinski definition) is 0. The molecule has 3 heteroatoms. The maximum Gasteiger partial charge on any atom is 0.508 e. The standard InChI is InChI=1S/C6H10O3/c1-5-2-3-8-6(7)9-4-5/h5H,2-4H2,1H3. The molecule has 0 saturated carbocycles. The van der Waals surface area contributed by atoms with Gasteiger partial charge in [0.15, 0.2) is 0 Å². The van der Waals surface area contributed by atoms with Crippen LogP contribution in [0.3, 0.4) is 0 Å². The lowest BCUT2D eigenvalue weighted by molar-refractivity contribution is 0.0703. The molecule has 9 heavy (non-hydrogen) atoms. The van der Waals surface area contributed by atoms with Crippen molar-refractivity contribution >= 4 is 6.16 Å². The van der Waals surface area contributed by atoms with Gasteiger partial charge in [0.1, 0.15) is 0 Å². The molecular weight excluding hydrogens is 120 g/mol. The van der Waals surface area contributed by atoms with Crippen LogP contribution in [-0.2, 0) is 9.47 Å². The molecule has 1 atom stereocenters. The fourth-order valence-corrected chi connectivity index (χ4v) is 0.679. The first-order valence-corrected chi connectivity index (χ1v) is 3.08. The predicted molar refractivity (Wildman–Crippen MR) is 31.1 cm³/mol. The van der Waals surface area contributed by atoms with Crippen molar-refractivity contribution in [2.45, 2.75) is 13.3 Å². The normalized spacial score (nSPS) is 28.1. The Hall–Kier alpha value is -0.730. The molecular formula is C6H10O3. The van der Waals surface area contributed by atoms with Crippen LogP contribution in [0.15, 0.2) is 0 Å². The first-order valence-electron chi connectivity index (χ1n) is 3.08. The van der Waals surface area contributed by atoms with Crippen molar-refractivity contribution in [1.82, 2.24) is 0 Å². The third kappa shape index (κ3) is 1.91. The highest BCUT2D eigenvalue weighted by Crippen LogP contribution is 2.07. The molecule has 1 fully saturated rings. The largest absolute Gasteiger partial charge is 0.508 e. The van der Waals surface area contributed by atoms with Gasteiger partial charge in [-0.15, -0.1) is 0 Å². The van der Waals surface area contributed by atoms with E-state index in [4.69, 9.17) is 0 Å². The molecule has 1 aliphatic heterocycles. The lowest BCUT2D eigenvalue weighted by Crippen LogP contribution is -2.05. The van der Waals surface area contributed by atoms with Crippen molar-refractivity contribution in [2.24, 2.45) is 5.92 Å². The summed E-state index contributed by atoms with van der Waals surface area (Å²) in [6, 6.07) is 0.